The number of rotatable bonds is 4. The van der Waals surface area contributed by atoms with Crippen LogP contribution in [0.4, 0.5) is 0 Å². The van der Waals surface area contributed by atoms with Crippen LogP contribution in [0, 0.1) is 0 Å². The molecule has 2 amide bonds. The van der Waals surface area contributed by atoms with Crippen LogP contribution in [0.3, 0.4) is 0 Å². The SMILES string of the molecule is Cl.NCC(=O)NCC(=O)NC1CCSc2ccc(Cl)cc21. The Morgan fingerprint density at radius 2 is 2.14 bits per heavy atom. The van der Waals surface area contributed by atoms with E-state index >= 15 is 0 Å². The summed E-state index contributed by atoms with van der Waals surface area (Å²) in [5.41, 5.74) is 6.20. The first kappa shape index (κ1) is 18.1. The fraction of sp³-hybridized carbons (Fsp3) is 0.385. The lowest BCUT2D eigenvalue weighted by molar-refractivity contribution is -0.125. The molecule has 1 atom stereocenters. The average Bonchev–Trinajstić information content (AvgIpc) is 2.45. The van der Waals surface area contributed by atoms with Crippen LogP contribution in [0.2, 0.25) is 5.02 Å². The Bertz CT molecular complexity index is 528. The number of nitrogens with one attached hydrogen (secondary N) is 2. The van der Waals surface area contributed by atoms with Crippen LogP contribution < -0.4 is 16.4 Å². The van der Waals surface area contributed by atoms with Gasteiger partial charge in [-0.1, -0.05) is 11.6 Å². The van der Waals surface area contributed by atoms with Gasteiger partial charge in [-0.25, -0.2) is 0 Å². The van der Waals surface area contributed by atoms with Gasteiger partial charge in [-0.2, -0.15) is 0 Å². The van der Waals surface area contributed by atoms with Crippen molar-refractivity contribution in [2.75, 3.05) is 18.8 Å². The average molecular weight is 350 g/mol. The highest BCUT2D eigenvalue weighted by molar-refractivity contribution is 7.99. The molecule has 1 aromatic carbocycles. The summed E-state index contributed by atoms with van der Waals surface area (Å²) in [6, 6.07) is 5.63. The van der Waals surface area contributed by atoms with Crippen molar-refractivity contribution in [2.45, 2.75) is 17.4 Å². The van der Waals surface area contributed by atoms with Gasteiger partial charge in [0.25, 0.3) is 0 Å². The van der Waals surface area contributed by atoms with Crippen LogP contribution in [0.1, 0.15) is 18.0 Å². The first-order chi connectivity index (χ1) is 9.60. The molecule has 0 fully saturated rings. The van der Waals surface area contributed by atoms with Gasteiger partial charge in [-0.3, -0.25) is 9.59 Å². The zero-order valence-corrected chi connectivity index (χ0v) is 13.6. The summed E-state index contributed by atoms with van der Waals surface area (Å²) in [5, 5.41) is 6.02. The van der Waals surface area contributed by atoms with Crippen molar-refractivity contribution in [3.63, 3.8) is 0 Å². The monoisotopic (exact) mass is 349 g/mol. The summed E-state index contributed by atoms with van der Waals surface area (Å²) < 4.78 is 0. The van der Waals surface area contributed by atoms with E-state index in [4.69, 9.17) is 17.3 Å². The highest BCUT2D eigenvalue weighted by Gasteiger charge is 2.22. The Morgan fingerprint density at radius 3 is 2.86 bits per heavy atom. The molecule has 0 aromatic heterocycles. The minimum absolute atomic E-state index is 0. The number of carbonyl (C=O) groups excluding carboxylic acids is 2. The van der Waals surface area contributed by atoms with Gasteiger partial charge in [-0.15, -0.1) is 24.2 Å². The van der Waals surface area contributed by atoms with E-state index in [0.29, 0.717) is 5.02 Å². The van der Waals surface area contributed by atoms with Crippen LogP contribution in [0.25, 0.3) is 0 Å². The molecule has 0 radical (unpaired) electrons. The number of halogens is 2. The second-order valence-electron chi connectivity index (χ2n) is 4.42. The van der Waals surface area contributed by atoms with Crippen molar-refractivity contribution < 1.29 is 9.59 Å². The normalized spacial score (nSPS) is 16.4. The number of fused-ring (bicyclic) bond motifs is 1. The molecule has 116 valence electrons. The highest BCUT2D eigenvalue weighted by Crippen LogP contribution is 2.37. The van der Waals surface area contributed by atoms with Crippen molar-refractivity contribution in [3.8, 4) is 0 Å². The van der Waals surface area contributed by atoms with Gasteiger partial charge < -0.3 is 16.4 Å². The lowest BCUT2D eigenvalue weighted by atomic mass is 10.0. The number of nitrogens with two attached hydrogens (primary N) is 1. The largest absolute Gasteiger partial charge is 0.348 e. The van der Waals surface area contributed by atoms with Crippen molar-refractivity contribution in [2.24, 2.45) is 5.73 Å². The smallest absolute Gasteiger partial charge is 0.239 e. The molecule has 1 heterocycles. The summed E-state index contributed by atoms with van der Waals surface area (Å²) >= 11 is 7.76. The third kappa shape index (κ3) is 5.07. The summed E-state index contributed by atoms with van der Waals surface area (Å²) in [6.07, 6.45) is 0.842. The quantitative estimate of drug-likeness (QED) is 0.768. The topological polar surface area (TPSA) is 84.2 Å². The van der Waals surface area contributed by atoms with Gasteiger partial charge in [0, 0.05) is 15.7 Å². The molecular formula is C13H17Cl2N3O2S. The summed E-state index contributed by atoms with van der Waals surface area (Å²) in [5.74, 6) is 0.367. The van der Waals surface area contributed by atoms with E-state index in [1.54, 1.807) is 11.8 Å². The molecular weight excluding hydrogens is 333 g/mol. The second-order valence-corrected chi connectivity index (χ2v) is 5.99. The standard InChI is InChI=1S/C13H16ClN3O2S.ClH/c14-8-1-2-11-9(5-8)10(3-4-20-11)17-13(19)7-16-12(18)6-15;/h1-2,5,10H,3-4,6-7,15H2,(H,16,18)(H,17,19);1H. The van der Waals surface area contributed by atoms with Gasteiger partial charge >= 0.3 is 0 Å². The molecule has 4 N–H and O–H groups in total. The molecule has 21 heavy (non-hydrogen) atoms. The van der Waals surface area contributed by atoms with Gasteiger partial charge in [-0.05, 0) is 30.2 Å². The summed E-state index contributed by atoms with van der Waals surface area (Å²) in [7, 11) is 0. The van der Waals surface area contributed by atoms with Gasteiger partial charge in [0.1, 0.15) is 0 Å². The van der Waals surface area contributed by atoms with Crippen molar-refractivity contribution >= 4 is 47.6 Å². The summed E-state index contributed by atoms with van der Waals surface area (Å²) in [6.45, 7) is -0.179. The molecule has 0 saturated carbocycles. The lowest BCUT2D eigenvalue weighted by Crippen LogP contribution is -2.41. The first-order valence-electron chi connectivity index (χ1n) is 6.28. The minimum Gasteiger partial charge on any atom is -0.348 e. The maximum Gasteiger partial charge on any atom is 0.239 e. The van der Waals surface area contributed by atoms with E-state index in [0.717, 1.165) is 22.6 Å². The number of carbonyl (C=O) groups is 2. The Hall–Kier alpha value is -0.950. The maximum absolute atomic E-state index is 11.8. The molecule has 1 aliphatic rings. The third-order valence-electron chi connectivity index (χ3n) is 2.98. The van der Waals surface area contributed by atoms with Crippen LogP contribution in [-0.2, 0) is 9.59 Å². The molecule has 1 aromatic rings. The Kier molecular flexibility index (Phi) is 7.31. The maximum atomic E-state index is 11.8. The molecule has 0 spiro atoms. The van der Waals surface area contributed by atoms with Crippen LogP contribution >= 0.6 is 35.8 Å². The van der Waals surface area contributed by atoms with E-state index in [1.165, 1.54) is 0 Å². The van der Waals surface area contributed by atoms with E-state index in [2.05, 4.69) is 10.6 Å². The molecule has 0 aliphatic carbocycles. The predicted molar refractivity (Wildman–Crippen MR) is 87.0 cm³/mol. The number of benzene rings is 1. The fourth-order valence-electron chi connectivity index (χ4n) is 2.01. The molecule has 2 rings (SSSR count). The molecule has 0 bridgehead atoms. The Morgan fingerprint density at radius 1 is 1.38 bits per heavy atom. The van der Waals surface area contributed by atoms with Gasteiger partial charge in [0.15, 0.2) is 0 Å². The van der Waals surface area contributed by atoms with Crippen LogP contribution in [-0.4, -0.2) is 30.7 Å². The van der Waals surface area contributed by atoms with Crippen molar-refractivity contribution in [1.82, 2.24) is 10.6 Å². The zero-order valence-electron chi connectivity index (χ0n) is 11.2. The number of amides is 2. The third-order valence-corrected chi connectivity index (χ3v) is 4.34. The van der Waals surface area contributed by atoms with E-state index < -0.39 is 0 Å². The molecule has 8 heteroatoms. The van der Waals surface area contributed by atoms with Crippen molar-refractivity contribution in [3.05, 3.63) is 28.8 Å². The minimum atomic E-state index is -0.345. The second kappa shape index (κ2) is 8.48. The van der Waals surface area contributed by atoms with Gasteiger partial charge in [0.2, 0.25) is 11.8 Å². The number of hydrogen-bond donors (Lipinski definition) is 3. The first-order valence-corrected chi connectivity index (χ1v) is 7.65. The van der Waals surface area contributed by atoms with Crippen molar-refractivity contribution in [1.29, 1.82) is 0 Å². The highest BCUT2D eigenvalue weighted by atomic mass is 35.5. The number of hydrogen-bond acceptors (Lipinski definition) is 4. The Labute approximate surface area is 138 Å². The van der Waals surface area contributed by atoms with Crippen LogP contribution in [0.15, 0.2) is 23.1 Å². The van der Waals surface area contributed by atoms with E-state index in [9.17, 15) is 9.59 Å². The fourth-order valence-corrected chi connectivity index (χ4v) is 3.30. The Balaban J connectivity index is 0.00000220. The lowest BCUT2D eigenvalue weighted by Gasteiger charge is -2.26. The van der Waals surface area contributed by atoms with Crippen LogP contribution in [0.5, 0.6) is 0 Å². The predicted octanol–water partition coefficient (Wildman–Crippen LogP) is 1.49. The summed E-state index contributed by atoms with van der Waals surface area (Å²) in [4.78, 5) is 24.0. The molecule has 1 aliphatic heterocycles. The number of thioether (sulfide) groups is 1. The zero-order chi connectivity index (χ0) is 14.5. The molecule has 1 unspecified atom stereocenters. The van der Waals surface area contributed by atoms with E-state index in [-0.39, 0.29) is 43.4 Å². The molecule has 0 saturated heterocycles. The molecule has 5 nitrogen and oxygen atoms in total. The van der Waals surface area contributed by atoms with Gasteiger partial charge in [0.05, 0.1) is 19.1 Å². The van der Waals surface area contributed by atoms with E-state index in [1.807, 2.05) is 18.2 Å².